The van der Waals surface area contributed by atoms with Crippen LogP contribution in [-0.4, -0.2) is 39.2 Å². The van der Waals surface area contributed by atoms with E-state index in [1.54, 1.807) is 30.9 Å². The molecule has 0 fully saturated rings. The van der Waals surface area contributed by atoms with E-state index in [0.29, 0.717) is 19.0 Å². The Bertz CT molecular complexity index is 1060. The first-order valence-electron chi connectivity index (χ1n) is 9.27. The summed E-state index contributed by atoms with van der Waals surface area (Å²) in [4.78, 5) is 13.6. The topological polar surface area (TPSA) is 87.4 Å². The number of rotatable bonds is 6. The predicted octanol–water partition coefficient (Wildman–Crippen LogP) is 3.50. The molecule has 0 amide bonds. The van der Waals surface area contributed by atoms with Gasteiger partial charge in [0, 0.05) is 48.3 Å². The third-order valence-corrected chi connectivity index (χ3v) is 5.71. The number of nitrogens with one attached hydrogen (secondary N) is 2. The molecule has 1 aromatic carbocycles. The van der Waals surface area contributed by atoms with Gasteiger partial charge in [0.25, 0.3) is 0 Å². The van der Waals surface area contributed by atoms with Crippen LogP contribution in [0.25, 0.3) is 15.9 Å². The molecular weight excluding hydrogens is 511 g/mol. The van der Waals surface area contributed by atoms with Gasteiger partial charge in [-0.05, 0) is 29.1 Å². The highest BCUT2D eigenvalue weighted by atomic mass is 127. The van der Waals surface area contributed by atoms with E-state index in [0.717, 1.165) is 21.6 Å². The molecule has 0 saturated carbocycles. The van der Waals surface area contributed by atoms with Crippen molar-refractivity contribution < 1.29 is 5.11 Å². The average Bonchev–Trinajstić information content (AvgIpc) is 3.44. The average molecular weight is 534 g/mol. The highest BCUT2D eigenvalue weighted by Gasteiger charge is 2.12. The molecule has 4 rings (SSSR count). The summed E-state index contributed by atoms with van der Waals surface area (Å²) in [6, 6.07) is 14.1. The minimum absolute atomic E-state index is 0. The van der Waals surface area contributed by atoms with E-state index in [1.807, 2.05) is 47.3 Å². The summed E-state index contributed by atoms with van der Waals surface area (Å²) in [6.07, 6.45) is 6.52. The van der Waals surface area contributed by atoms with E-state index in [4.69, 9.17) is 0 Å². The molecule has 1 atom stereocenters. The third-order valence-electron chi connectivity index (χ3n) is 4.50. The summed E-state index contributed by atoms with van der Waals surface area (Å²) in [6.45, 7) is 0.959. The first kappa shape index (κ1) is 22.2. The molecule has 30 heavy (non-hydrogen) atoms. The van der Waals surface area contributed by atoms with Crippen molar-refractivity contribution in [3.05, 3.63) is 77.8 Å². The second kappa shape index (κ2) is 10.5. The molecule has 0 aliphatic carbocycles. The summed E-state index contributed by atoms with van der Waals surface area (Å²) >= 11 is 1.61. The molecule has 0 bridgehead atoms. The third kappa shape index (κ3) is 5.35. The Morgan fingerprint density at radius 1 is 1.23 bits per heavy atom. The number of hydrogen-bond donors (Lipinski definition) is 3. The molecule has 1 unspecified atom stereocenters. The van der Waals surface area contributed by atoms with Crippen molar-refractivity contribution >= 4 is 51.4 Å². The summed E-state index contributed by atoms with van der Waals surface area (Å²) < 4.78 is 3.03. The molecule has 0 spiro atoms. The summed E-state index contributed by atoms with van der Waals surface area (Å²) in [5, 5.41) is 18.1. The standard InChI is InChI=1S/C21H22N6OS.HI/c1-22-21(25-12-15-6-7-20(24-11-15)27-9-8-23-14-27)26-13-17(28)19-10-16-4-2-3-5-18(16)29-19;/h2-11,14,17,28H,12-13H2,1H3,(H2,22,25,26);1H. The minimum atomic E-state index is -0.595. The van der Waals surface area contributed by atoms with Gasteiger partial charge in [-0.3, -0.25) is 9.56 Å². The van der Waals surface area contributed by atoms with Gasteiger partial charge in [0.2, 0.25) is 0 Å². The zero-order chi connectivity index (χ0) is 20.1. The summed E-state index contributed by atoms with van der Waals surface area (Å²) in [5.74, 6) is 1.45. The van der Waals surface area contributed by atoms with Gasteiger partial charge in [0.1, 0.15) is 18.2 Å². The number of aromatic nitrogens is 3. The number of thiophene rings is 1. The lowest BCUT2D eigenvalue weighted by molar-refractivity contribution is 0.184. The van der Waals surface area contributed by atoms with E-state index < -0.39 is 6.10 Å². The number of pyridine rings is 1. The Labute approximate surface area is 195 Å². The Hall–Kier alpha value is -2.50. The van der Waals surface area contributed by atoms with E-state index >= 15 is 0 Å². The van der Waals surface area contributed by atoms with Crippen LogP contribution in [0, 0.1) is 0 Å². The molecular formula is C21H23IN6OS. The van der Waals surface area contributed by atoms with Crippen LogP contribution in [0.15, 0.2) is 72.4 Å². The van der Waals surface area contributed by atoms with Gasteiger partial charge in [-0.25, -0.2) is 9.97 Å². The zero-order valence-corrected chi connectivity index (χ0v) is 19.5. The quantitative estimate of drug-likeness (QED) is 0.200. The molecule has 3 aromatic heterocycles. The van der Waals surface area contributed by atoms with Gasteiger partial charge in [0.15, 0.2) is 5.96 Å². The Morgan fingerprint density at radius 2 is 2.10 bits per heavy atom. The monoisotopic (exact) mass is 534 g/mol. The number of aliphatic hydroxyl groups excluding tert-OH is 1. The summed E-state index contributed by atoms with van der Waals surface area (Å²) in [7, 11) is 1.71. The lowest BCUT2D eigenvalue weighted by Crippen LogP contribution is -2.38. The maximum Gasteiger partial charge on any atom is 0.191 e. The SMILES string of the molecule is CN=C(NCc1ccc(-n2ccnc2)nc1)NCC(O)c1cc2ccccc2s1.I. The first-order valence-corrected chi connectivity index (χ1v) is 10.1. The van der Waals surface area contributed by atoms with Gasteiger partial charge in [-0.2, -0.15) is 0 Å². The fourth-order valence-corrected chi connectivity index (χ4v) is 3.99. The van der Waals surface area contributed by atoms with E-state index in [-0.39, 0.29) is 24.0 Å². The summed E-state index contributed by atoms with van der Waals surface area (Å²) in [5.41, 5.74) is 1.03. The highest BCUT2D eigenvalue weighted by Crippen LogP contribution is 2.29. The molecule has 156 valence electrons. The van der Waals surface area contributed by atoms with Crippen LogP contribution < -0.4 is 10.6 Å². The first-order chi connectivity index (χ1) is 14.2. The minimum Gasteiger partial charge on any atom is -0.386 e. The molecule has 0 aliphatic heterocycles. The van der Waals surface area contributed by atoms with Crippen LogP contribution in [0.4, 0.5) is 0 Å². The number of fused-ring (bicyclic) bond motifs is 1. The number of nitrogens with zero attached hydrogens (tertiary/aromatic N) is 4. The fourth-order valence-electron chi connectivity index (χ4n) is 2.94. The van der Waals surface area contributed by atoms with Gasteiger partial charge < -0.3 is 15.7 Å². The van der Waals surface area contributed by atoms with Gasteiger partial charge in [0.05, 0.1) is 0 Å². The van der Waals surface area contributed by atoms with E-state index in [1.165, 1.54) is 4.70 Å². The lowest BCUT2D eigenvalue weighted by atomic mass is 10.2. The van der Waals surface area contributed by atoms with Crippen molar-refractivity contribution in [3.8, 4) is 5.82 Å². The van der Waals surface area contributed by atoms with Gasteiger partial charge in [-0.1, -0.05) is 24.3 Å². The highest BCUT2D eigenvalue weighted by molar-refractivity contribution is 14.0. The molecule has 0 saturated heterocycles. The number of hydrogen-bond acceptors (Lipinski definition) is 5. The van der Waals surface area contributed by atoms with Crippen LogP contribution in [0.1, 0.15) is 16.5 Å². The van der Waals surface area contributed by atoms with Gasteiger partial charge >= 0.3 is 0 Å². The number of aliphatic hydroxyl groups is 1. The Morgan fingerprint density at radius 3 is 2.80 bits per heavy atom. The molecule has 3 N–H and O–H groups in total. The normalized spacial score (nSPS) is 12.4. The number of halogens is 1. The van der Waals surface area contributed by atoms with Gasteiger partial charge in [-0.15, -0.1) is 35.3 Å². The van der Waals surface area contributed by atoms with Crippen LogP contribution in [0.3, 0.4) is 0 Å². The van der Waals surface area contributed by atoms with Crippen LogP contribution in [0.2, 0.25) is 0 Å². The van der Waals surface area contributed by atoms with Crippen molar-refractivity contribution in [2.45, 2.75) is 12.6 Å². The predicted molar refractivity (Wildman–Crippen MR) is 132 cm³/mol. The Kier molecular flexibility index (Phi) is 7.77. The number of imidazole rings is 1. The number of benzene rings is 1. The van der Waals surface area contributed by atoms with E-state index in [2.05, 4.69) is 37.7 Å². The smallest absolute Gasteiger partial charge is 0.191 e. The lowest BCUT2D eigenvalue weighted by Gasteiger charge is -2.14. The largest absolute Gasteiger partial charge is 0.386 e. The fraction of sp³-hybridized carbons (Fsp3) is 0.190. The van der Waals surface area contributed by atoms with Crippen LogP contribution in [0.5, 0.6) is 0 Å². The maximum atomic E-state index is 10.5. The second-order valence-corrected chi connectivity index (χ2v) is 7.62. The van der Waals surface area contributed by atoms with Crippen molar-refractivity contribution in [2.24, 2.45) is 4.99 Å². The molecule has 0 radical (unpaired) electrons. The van der Waals surface area contributed by atoms with Crippen molar-refractivity contribution in [2.75, 3.05) is 13.6 Å². The van der Waals surface area contributed by atoms with E-state index in [9.17, 15) is 5.11 Å². The zero-order valence-electron chi connectivity index (χ0n) is 16.4. The number of aliphatic imine (C=N–C) groups is 1. The van der Waals surface area contributed by atoms with Crippen molar-refractivity contribution in [1.29, 1.82) is 0 Å². The molecule has 4 aromatic rings. The molecule has 0 aliphatic rings. The van der Waals surface area contributed by atoms with Crippen LogP contribution in [-0.2, 0) is 6.54 Å². The van der Waals surface area contributed by atoms with Crippen molar-refractivity contribution in [3.63, 3.8) is 0 Å². The molecule has 7 nitrogen and oxygen atoms in total. The Balaban J connectivity index is 0.00000256. The molecule has 9 heteroatoms. The molecule has 3 heterocycles. The maximum absolute atomic E-state index is 10.5. The second-order valence-electron chi connectivity index (χ2n) is 6.50. The van der Waals surface area contributed by atoms with Crippen molar-refractivity contribution in [1.82, 2.24) is 25.2 Å². The van der Waals surface area contributed by atoms with Crippen LogP contribution >= 0.6 is 35.3 Å². The number of guanidine groups is 1.